The van der Waals surface area contributed by atoms with Gasteiger partial charge in [-0.05, 0) is 59.1 Å². The van der Waals surface area contributed by atoms with Gasteiger partial charge in [-0.3, -0.25) is 0 Å². The molecule has 0 aromatic heterocycles. The van der Waals surface area contributed by atoms with Gasteiger partial charge in [-0.1, -0.05) is 87.8 Å². The van der Waals surface area contributed by atoms with Crippen LogP contribution in [0.3, 0.4) is 0 Å². The van der Waals surface area contributed by atoms with E-state index >= 15 is 0 Å². The molecule has 0 heterocycles. The molecule has 0 aliphatic heterocycles. The van der Waals surface area contributed by atoms with Crippen molar-refractivity contribution in [1.82, 2.24) is 0 Å². The van der Waals surface area contributed by atoms with E-state index in [9.17, 15) is 0 Å². The maximum atomic E-state index is 2.43. The number of fused-ring (bicyclic) bond motifs is 5. The second-order valence-electron chi connectivity index (χ2n) is 7.93. The topological polar surface area (TPSA) is 0 Å². The second-order valence-corrected chi connectivity index (χ2v) is 7.93. The number of rotatable bonds is 0. The summed E-state index contributed by atoms with van der Waals surface area (Å²) >= 11 is 0. The van der Waals surface area contributed by atoms with E-state index in [2.05, 4.69) is 42.8 Å². The van der Waals surface area contributed by atoms with Gasteiger partial charge in [-0.2, -0.15) is 0 Å². The fraction of sp³-hybridized carbons (Fsp3) is 0.480. The van der Waals surface area contributed by atoms with Gasteiger partial charge < -0.3 is 0 Å². The largest absolute Gasteiger partial charge is 0.0619 e. The van der Waals surface area contributed by atoms with Crippen LogP contribution < -0.4 is 0 Å². The Kier molecular flexibility index (Phi) is 5.55. The third-order valence-corrected chi connectivity index (χ3v) is 6.11. The zero-order valence-electron chi connectivity index (χ0n) is 15.5. The lowest BCUT2D eigenvalue weighted by Crippen LogP contribution is -2.00. The molecular weight excluding hydrogens is 300 g/mol. The zero-order chi connectivity index (χ0) is 16.9. The van der Waals surface area contributed by atoms with Crippen molar-refractivity contribution in [3.05, 3.63) is 65.1 Å². The maximum absolute atomic E-state index is 2.43. The number of benzene rings is 2. The molecule has 4 rings (SSSR count). The van der Waals surface area contributed by atoms with Crippen LogP contribution in [0.5, 0.6) is 0 Å². The van der Waals surface area contributed by atoms with Crippen LogP contribution in [0.15, 0.2) is 36.4 Å². The second kappa shape index (κ2) is 8.21. The van der Waals surface area contributed by atoms with Crippen molar-refractivity contribution in [1.29, 1.82) is 0 Å². The third-order valence-electron chi connectivity index (χ3n) is 6.11. The first-order valence-corrected chi connectivity index (χ1v) is 10.5. The van der Waals surface area contributed by atoms with E-state index in [0.29, 0.717) is 0 Å². The highest BCUT2D eigenvalue weighted by Crippen LogP contribution is 2.42. The lowest BCUT2D eigenvalue weighted by Gasteiger charge is -2.16. The summed E-state index contributed by atoms with van der Waals surface area (Å²) in [6, 6.07) is 13.8. The molecule has 0 N–H and O–H groups in total. The van der Waals surface area contributed by atoms with Crippen molar-refractivity contribution < 1.29 is 0 Å². The highest BCUT2D eigenvalue weighted by atomic mass is 14.3. The Labute approximate surface area is 153 Å². The van der Waals surface area contributed by atoms with Crippen LogP contribution in [0, 0.1) is 6.42 Å². The highest BCUT2D eigenvalue weighted by molar-refractivity contribution is 5.84. The van der Waals surface area contributed by atoms with Gasteiger partial charge in [0.05, 0.1) is 0 Å². The fourth-order valence-corrected chi connectivity index (χ4v) is 4.72. The van der Waals surface area contributed by atoms with Crippen LogP contribution in [0.1, 0.15) is 86.5 Å². The van der Waals surface area contributed by atoms with E-state index < -0.39 is 0 Å². The van der Waals surface area contributed by atoms with Gasteiger partial charge in [-0.25, -0.2) is 0 Å². The van der Waals surface area contributed by atoms with Gasteiger partial charge in [0.15, 0.2) is 0 Å². The molecule has 0 fully saturated rings. The molecule has 0 atom stereocenters. The summed E-state index contributed by atoms with van der Waals surface area (Å²) in [7, 11) is 0. The summed E-state index contributed by atoms with van der Waals surface area (Å²) in [5, 5.41) is 0. The summed E-state index contributed by atoms with van der Waals surface area (Å²) < 4.78 is 0. The van der Waals surface area contributed by atoms with Crippen LogP contribution >= 0.6 is 0 Å². The van der Waals surface area contributed by atoms with Gasteiger partial charge in [0.1, 0.15) is 0 Å². The molecule has 2 aromatic carbocycles. The molecule has 0 nitrogen and oxygen atoms in total. The molecule has 0 spiro atoms. The van der Waals surface area contributed by atoms with Crippen molar-refractivity contribution in [2.24, 2.45) is 0 Å². The van der Waals surface area contributed by atoms with E-state index in [1.807, 2.05) is 0 Å². The zero-order valence-corrected chi connectivity index (χ0v) is 15.5. The minimum Gasteiger partial charge on any atom is -0.0619 e. The Balaban J connectivity index is 1.64. The van der Waals surface area contributed by atoms with Crippen molar-refractivity contribution in [2.75, 3.05) is 0 Å². The fourth-order valence-electron chi connectivity index (χ4n) is 4.72. The Morgan fingerprint density at radius 1 is 0.520 bits per heavy atom. The first kappa shape index (κ1) is 16.9. The average molecular weight is 332 g/mol. The Morgan fingerprint density at radius 3 is 1.92 bits per heavy atom. The summed E-state index contributed by atoms with van der Waals surface area (Å²) in [5.74, 6) is 0. The van der Waals surface area contributed by atoms with Crippen molar-refractivity contribution in [2.45, 2.75) is 77.0 Å². The number of hydrogen-bond acceptors (Lipinski definition) is 0. The first-order valence-electron chi connectivity index (χ1n) is 10.5. The lowest BCUT2D eigenvalue weighted by molar-refractivity contribution is 0.546. The van der Waals surface area contributed by atoms with E-state index in [-0.39, 0.29) is 0 Å². The molecule has 0 bridgehead atoms. The normalized spacial score (nSPS) is 18.7. The predicted octanol–water partition coefficient (Wildman–Crippen LogP) is 7.27. The first-order chi connectivity index (χ1) is 12.4. The van der Waals surface area contributed by atoms with Gasteiger partial charge in [0, 0.05) is 6.42 Å². The van der Waals surface area contributed by atoms with Crippen molar-refractivity contribution in [3.63, 3.8) is 0 Å². The van der Waals surface area contributed by atoms with Crippen molar-refractivity contribution in [3.8, 4) is 11.1 Å². The molecule has 25 heavy (non-hydrogen) atoms. The minimum absolute atomic E-state index is 1.26. The van der Waals surface area contributed by atoms with Crippen LogP contribution in [-0.2, 0) is 12.8 Å². The highest BCUT2D eigenvalue weighted by Gasteiger charge is 2.22. The SMILES string of the molecule is [CH]1c2ccccc2-c2c1ccc1c2CCCCCCCCCCCC1. The standard InChI is InChI=1S/C25H31/c1-2-4-6-8-10-15-23-20(13-9-7-5-3-1)17-18-22-19-21-14-11-12-16-24(21)25(22)23/h11-12,14,16-19H,1-10,13,15H2. The molecule has 1 radical (unpaired) electrons. The quantitative estimate of drug-likeness (QED) is 0.406. The number of hydrogen-bond donors (Lipinski definition) is 0. The Bertz CT molecular complexity index is 710. The molecule has 0 saturated carbocycles. The van der Waals surface area contributed by atoms with Gasteiger partial charge in [0.2, 0.25) is 0 Å². The molecule has 131 valence electrons. The van der Waals surface area contributed by atoms with E-state index in [0.717, 1.165) is 0 Å². The molecule has 0 heteroatoms. The monoisotopic (exact) mass is 331 g/mol. The average Bonchev–Trinajstić information content (AvgIpc) is 3.02. The molecule has 0 saturated heterocycles. The van der Waals surface area contributed by atoms with Crippen LogP contribution in [0.2, 0.25) is 0 Å². The lowest BCUT2D eigenvalue weighted by atomic mass is 9.88. The summed E-state index contributed by atoms with van der Waals surface area (Å²) in [4.78, 5) is 0. The van der Waals surface area contributed by atoms with Crippen molar-refractivity contribution >= 4 is 0 Å². The Hall–Kier alpha value is -1.56. The summed E-state index contributed by atoms with van der Waals surface area (Å²) in [6.07, 6.45) is 19.1. The van der Waals surface area contributed by atoms with Gasteiger partial charge in [0.25, 0.3) is 0 Å². The molecule has 0 unspecified atom stereocenters. The van der Waals surface area contributed by atoms with Crippen LogP contribution in [0.25, 0.3) is 11.1 Å². The molecule has 2 aliphatic carbocycles. The molecule has 2 aliphatic rings. The third kappa shape index (κ3) is 3.84. The predicted molar refractivity (Wildman–Crippen MR) is 108 cm³/mol. The van der Waals surface area contributed by atoms with Crippen LogP contribution in [-0.4, -0.2) is 0 Å². The molecule has 2 aromatic rings. The summed E-state index contributed by atoms with van der Waals surface area (Å²) in [6.45, 7) is 0. The number of aryl methyl sites for hydroxylation is 1. The molecule has 0 amide bonds. The van der Waals surface area contributed by atoms with E-state index in [1.54, 1.807) is 16.7 Å². The molecular formula is C25H31. The van der Waals surface area contributed by atoms with E-state index in [1.165, 1.54) is 93.7 Å². The maximum Gasteiger partial charge on any atom is 0.0212 e. The Morgan fingerprint density at radius 2 is 1.16 bits per heavy atom. The van der Waals surface area contributed by atoms with E-state index in [4.69, 9.17) is 0 Å². The van der Waals surface area contributed by atoms with Gasteiger partial charge >= 0.3 is 0 Å². The van der Waals surface area contributed by atoms with Crippen LogP contribution in [0.4, 0.5) is 0 Å². The van der Waals surface area contributed by atoms with Gasteiger partial charge in [-0.15, -0.1) is 0 Å². The summed E-state index contributed by atoms with van der Waals surface area (Å²) in [5.41, 5.74) is 9.17. The minimum atomic E-state index is 1.26. The smallest absolute Gasteiger partial charge is 0.0212 e.